The Morgan fingerprint density at radius 3 is 2.69 bits per heavy atom. The number of carbonyl (C=O) groups excluding carboxylic acids is 2. The van der Waals surface area contributed by atoms with E-state index < -0.39 is 17.7 Å². The number of hydrogen-bond acceptors (Lipinski definition) is 5. The van der Waals surface area contributed by atoms with Gasteiger partial charge in [-0.3, -0.25) is 9.59 Å². The molecule has 90 valence electrons. The molecule has 0 N–H and O–H groups in total. The van der Waals surface area contributed by atoms with E-state index in [9.17, 15) is 9.59 Å². The van der Waals surface area contributed by atoms with Crippen LogP contribution in [0.3, 0.4) is 0 Å². The summed E-state index contributed by atoms with van der Waals surface area (Å²) in [7, 11) is 0. The molecular weight excluding hydrogens is 212 g/mol. The van der Waals surface area contributed by atoms with Crippen molar-refractivity contribution in [3.05, 3.63) is 12.7 Å². The van der Waals surface area contributed by atoms with Crippen LogP contribution in [0.15, 0.2) is 12.7 Å². The van der Waals surface area contributed by atoms with Crippen LogP contribution in [0.5, 0.6) is 0 Å². The standard InChI is InChI=1S/C11H16O5/c1-4-11(6-14-8(2)12)5-10(15-7-11)16-9(3)13/h4,10H,1,5-7H2,2-3H3. The number of ether oxygens (including phenoxy) is 3. The summed E-state index contributed by atoms with van der Waals surface area (Å²) in [6, 6.07) is 0. The number of esters is 2. The third kappa shape index (κ3) is 3.34. The second kappa shape index (κ2) is 5.12. The third-order valence-corrected chi connectivity index (χ3v) is 2.42. The van der Waals surface area contributed by atoms with Crippen LogP contribution in [-0.2, 0) is 23.8 Å². The quantitative estimate of drug-likeness (QED) is 0.531. The van der Waals surface area contributed by atoms with Crippen LogP contribution < -0.4 is 0 Å². The zero-order valence-electron chi connectivity index (χ0n) is 9.52. The molecule has 1 heterocycles. The van der Waals surface area contributed by atoms with E-state index in [4.69, 9.17) is 14.2 Å². The molecule has 0 aliphatic carbocycles. The molecule has 0 radical (unpaired) electrons. The average molecular weight is 228 g/mol. The van der Waals surface area contributed by atoms with E-state index >= 15 is 0 Å². The molecule has 0 saturated carbocycles. The highest BCUT2D eigenvalue weighted by Crippen LogP contribution is 2.34. The molecule has 2 unspecified atom stereocenters. The smallest absolute Gasteiger partial charge is 0.304 e. The van der Waals surface area contributed by atoms with Crippen LogP contribution in [0.1, 0.15) is 20.3 Å². The Balaban J connectivity index is 2.53. The zero-order chi connectivity index (χ0) is 12.2. The Labute approximate surface area is 94.4 Å². The molecule has 0 spiro atoms. The first-order valence-electron chi connectivity index (χ1n) is 5.03. The van der Waals surface area contributed by atoms with Crippen LogP contribution in [0, 0.1) is 5.41 Å². The highest BCUT2D eigenvalue weighted by molar-refractivity contribution is 5.66. The van der Waals surface area contributed by atoms with Crippen molar-refractivity contribution in [2.24, 2.45) is 5.41 Å². The topological polar surface area (TPSA) is 61.8 Å². The molecule has 1 aliphatic rings. The lowest BCUT2D eigenvalue weighted by Gasteiger charge is -2.21. The van der Waals surface area contributed by atoms with Gasteiger partial charge >= 0.3 is 11.9 Å². The minimum Gasteiger partial charge on any atom is -0.465 e. The summed E-state index contributed by atoms with van der Waals surface area (Å²) >= 11 is 0. The Bertz CT molecular complexity index is 299. The fourth-order valence-electron chi connectivity index (χ4n) is 1.52. The van der Waals surface area contributed by atoms with Crippen molar-refractivity contribution in [3.8, 4) is 0 Å². The van der Waals surface area contributed by atoms with Gasteiger partial charge in [-0.05, 0) is 0 Å². The van der Waals surface area contributed by atoms with E-state index in [-0.39, 0.29) is 12.6 Å². The van der Waals surface area contributed by atoms with E-state index in [0.717, 1.165) is 0 Å². The van der Waals surface area contributed by atoms with Gasteiger partial charge in [0.05, 0.1) is 12.0 Å². The predicted molar refractivity (Wildman–Crippen MR) is 55.4 cm³/mol. The number of carbonyl (C=O) groups is 2. The number of hydrogen-bond donors (Lipinski definition) is 0. The van der Waals surface area contributed by atoms with Crippen LogP contribution in [0.2, 0.25) is 0 Å². The fraction of sp³-hybridized carbons (Fsp3) is 0.636. The Morgan fingerprint density at radius 1 is 1.50 bits per heavy atom. The van der Waals surface area contributed by atoms with Crippen molar-refractivity contribution in [2.75, 3.05) is 13.2 Å². The second-order valence-corrected chi connectivity index (χ2v) is 3.90. The minimum absolute atomic E-state index is 0.198. The van der Waals surface area contributed by atoms with Crippen molar-refractivity contribution in [1.82, 2.24) is 0 Å². The van der Waals surface area contributed by atoms with Gasteiger partial charge in [0, 0.05) is 20.3 Å². The Morgan fingerprint density at radius 2 is 2.19 bits per heavy atom. The van der Waals surface area contributed by atoms with E-state index in [2.05, 4.69) is 6.58 Å². The predicted octanol–water partition coefficient (Wildman–Crippen LogP) is 1.03. The largest absolute Gasteiger partial charge is 0.465 e. The molecule has 1 saturated heterocycles. The summed E-state index contributed by atoms with van der Waals surface area (Å²) in [6.45, 7) is 6.89. The molecule has 5 heteroatoms. The van der Waals surface area contributed by atoms with Crippen molar-refractivity contribution < 1.29 is 23.8 Å². The van der Waals surface area contributed by atoms with Crippen molar-refractivity contribution in [1.29, 1.82) is 0 Å². The summed E-state index contributed by atoms with van der Waals surface area (Å²) in [4.78, 5) is 21.5. The molecule has 0 amide bonds. The summed E-state index contributed by atoms with van der Waals surface area (Å²) in [6.07, 6.45) is 1.56. The van der Waals surface area contributed by atoms with Crippen LogP contribution in [0.4, 0.5) is 0 Å². The summed E-state index contributed by atoms with van der Waals surface area (Å²) < 4.78 is 15.2. The van der Waals surface area contributed by atoms with Crippen molar-refractivity contribution >= 4 is 11.9 Å². The first-order chi connectivity index (χ1) is 7.47. The summed E-state index contributed by atoms with van der Waals surface area (Å²) in [5, 5.41) is 0. The molecule has 0 aromatic carbocycles. The second-order valence-electron chi connectivity index (χ2n) is 3.90. The van der Waals surface area contributed by atoms with Crippen LogP contribution in [0.25, 0.3) is 0 Å². The summed E-state index contributed by atoms with van der Waals surface area (Å²) in [5.41, 5.74) is -0.453. The first-order valence-corrected chi connectivity index (χ1v) is 5.03. The fourth-order valence-corrected chi connectivity index (χ4v) is 1.52. The van der Waals surface area contributed by atoms with E-state index in [0.29, 0.717) is 13.0 Å². The summed E-state index contributed by atoms with van der Waals surface area (Å²) in [5.74, 6) is -0.741. The van der Waals surface area contributed by atoms with Gasteiger partial charge in [-0.1, -0.05) is 6.08 Å². The molecule has 0 bridgehead atoms. The normalized spacial score (nSPS) is 28.5. The lowest BCUT2D eigenvalue weighted by Crippen LogP contribution is -2.26. The van der Waals surface area contributed by atoms with Gasteiger partial charge in [-0.25, -0.2) is 0 Å². The molecule has 0 aromatic heterocycles. The van der Waals surface area contributed by atoms with Crippen molar-refractivity contribution in [3.63, 3.8) is 0 Å². The molecule has 0 aromatic rings. The van der Waals surface area contributed by atoms with E-state index in [1.807, 2.05) is 0 Å². The zero-order valence-corrected chi connectivity index (χ0v) is 9.52. The molecule has 1 aliphatic heterocycles. The monoisotopic (exact) mass is 228 g/mol. The molecular formula is C11H16O5. The van der Waals surface area contributed by atoms with Gasteiger partial charge in [-0.15, -0.1) is 6.58 Å². The Kier molecular flexibility index (Phi) is 4.06. The highest BCUT2D eigenvalue weighted by Gasteiger charge is 2.40. The van der Waals surface area contributed by atoms with Crippen LogP contribution in [-0.4, -0.2) is 31.4 Å². The van der Waals surface area contributed by atoms with Gasteiger partial charge < -0.3 is 14.2 Å². The van der Waals surface area contributed by atoms with E-state index in [1.165, 1.54) is 13.8 Å². The maximum absolute atomic E-state index is 10.8. The average Bonchev–Trinajstić information content (AvgIpc) is 2.58. The first kappa shape index (κ1) is 12.7. The SMILES string of the molecule is C=CC1(COC(C)=O)COC(OC(C)=O)C1. The maximum Gasteiger partial charge on any atom is 0.304 e. The molecule has 5 nitrogen and oxygen atoms in total. The van der Waals surface area contributed by atoms with Gasteiger partial charge in [-0.2, -0.15) is 0 Å². The minimum atomic E-state index is -0.578. The molecule has 1 rings (SSSR count). The van der Waals surface area contributed by atoms with Gasteiger partial charge in [0.1, 0.15) is 6.61 Å². The molecule has 1 fully saturated rings. The Hall–Kier alpha value is -1.36. The van der Waals surface area contributed by atoms with Crippen molar-refractivity contribution in [2.45, 2.75) is 26.6 Å². The highest BCUT2D eigenvalue weighted by atomic mass is 16.7. The maximum atomic E-state index is 10.8. The van der Waals surface area contributed by atoms with Crippen LogP contribution >= 0.6 is 0 Å². The number of rotatable bonds is 4. The third-order valence-electron chi connectivity index (χ3n) is 2.42. The molecule has 16 heavy (non-hydrogen) atoms. The van der Waals surface area contributed by atoms with Gasteiger partial charge in [0.25, 0.3) is 0 Å². The lowest BCUT2D eigenvalue weighted by atomic mass is 9.88. The van der Waals surface area contributed by atoms with Gasteiger partial charge in [0.15, 0.2) is 0 Å². The molecule has 2 atom stereocenters. The lowest BCUT2D eigenvalue weighted by molar-refractivity contribution is -0.167. The van der Waals surface area contributed by atoms with Gasteiger partial charge in [0.2, 0.25) is 6.29 Å². The van der Waals surface area contributed by atoms with E-state index in [1.54, 1.807) is 6.08 Å².